The zero-order valence-electron chi connectivity index (χ0n) is 7.83. The van der Waals surface area contributed by atoms with Gasteiger partial charge >= 0.3 is 0 Å². The van der Waals surface area contributed by atoms with Crippen molar-refractivity contribution in [2.24, 2.45) is 11.8 Å². The average Bonchev–Trinajstić information content (AvgIpc) is 2.16. The van der Waals surface area contributed by atoms with E-state index in [-0.39, 0.29) is 5.91 Å². The molecule has 2 rings (SSSR count). The van der Waals surface area contributed by atoms with Crippen LogP contribution in [0.25, 0.3) is 0 Å². The molecule has 1 amide bonds. The van der Waals surface area contributed by atoms with Gasteiger partial charge in [-0.1, -0.05) is 6.58 Å². The monoisotopic (exact) mass is 180 g/mol. The predicted octanol–water partition coefficient (Wildman–Crippen LogP) is 0.240. The zero-order valence-corrected chi connectivity index (χ0v) is 7.83. The molecule has 2 atom stereocenters. The highest BCUT2D eigenvalue weighted by atomic mass is 16.2. The maximum Gasteiger partial charge on any atom is 0.245 e. The lowest BCUT2D eigenvalue weighted by Gasteiger charge is -2.41. The van der Waals surface area contributed by atoms with Crippen LogP contribution in [0.15, 0.2) is 12.7 Å². The summed E-state index contributed by atoms with van der Waals surface area (Å²) in [5.74, 6) is 1.42. The van der Waals surface area contributed by atoms with Crippen LogP contribution >= 0.6 is 0 Å². The quantitative estimate of drug-likeness (QED) is 0.586. The van der Waals surface area contributed by atoms with Crippen molar-refractivity contribution in [3.63, 3.8) is 0 Å². The lowest BCUT2D eigenvalue weighted by molar-refractivity contribution is -0.129. The van der Waals surface area contributed by atoms with Crippen LogP contribution < -0.4 is 5.32 Å². The second-order valence-corrected chi connectivity index (χ2v) is 4.07. The van der Waals surface area contributed by atoms with Crippen LogP contribution in [0.5, 0.6) is 0 Å². The van der Waals surface area contributed by atoms with Crippen molar-refractivity contribution in [1.82, 2.24) is 10.2 Å². The van der Waals surface area contributed by atoms with Gasteiger partial charge in [0.15, 0.2) is 0 Å². The molecule has 2 bridgehead atoms. The van der Waals surface area contributed by atoms with Crippen molar-refractivity contribution in [2.45, 2.75) is 6.42 Å². The first-order valence-corrected chi connectivity index (χ1v) is 4.91. The molecule has 0 aromatic heterocycles. The summed E-state index contributed by atoms with van der Waals surface area (Å²) in [6, 6.07) is 0. The highest BCUT2D eigenvalue weighted by molar-refractivity contribution is 5.87. The van der Waals surface area contributed by atoms with Gasteiger partial charge in [-0.2, -0.15) is 0 Å². The Morgan fingerprint density at radius 3 is 2.54 bits per heavy atom. The molecule has 13 heavy (non-hydrogen) atoms. The molecule has 2 heterocycles. The molecule has 2 aliphatic heterocycles. The molecule has 2 aliphatic rings. The van der Waals surface area contributed by atoms with Gasteiger partial charge in [-0.05, 0) is 37.4 Å². The van der Waals surface area contributed by atoms with Crippen LogP contribution in [-0.4, -0.2) is 37.0 Å². The van der Waals surface area contributed by atoms with Gasteiger partial charge in [-0.25, -0.2) is 0 Å². The number of carbonyl (C=O) groups excluding carboxylic acids is 1. The van der Waals surface area contributed by atoms with E-state index in [4.69, 9.17) is 0 Å². The van der Waals surface area contributed by atoms with E-state index < -0.39 is 0 Å². The fourth-order valence-corrected chi connectivity index (χ4v) is 2.41. The third-order valence-electron chi connectivity index (χ3n) is 2.98. The molecule has 3 nitrogen and oxygen atoms in total. The molecular weight excluding hydrogens is 164 g/mol. The summed E-state index contributed by atoms with van der Waals surface area (Å²) in [5.41, 5.74) is 0. The van der Waals surface area contributed by atoms with Gasteiger partial charge < -0.3 is 10.2 Å². The molecule has 2 saturated heterocycles. The molecular formula is C10H16N2O. The molecule has 1 N–H and O–H groups in total. The Morgan fingerprint density at radius 2 is 2.00 bits per heavy atom. The first-order chi connectivity index (χ1) is 6.29. The largest absolute Gasteiger partial charge is 0.339 e. The van der Waals surface area contributed by atoms with Crippen molar-refractivity contribution in [2.75, 3.05) is 26.2 Å². The van der Waals surface area contributed by atoms with Gasteiger partial charge in [-0.15, -0.1) is 0 Å². The number of hydrogen-bond donors (Lipinski definition) is 1. The van der Waals surface area contributed by atoms with E-state index in [1.165, 1.54) is 12.5 Å². The second kappa shape index (κ2) is 3.50. The first-order valence-electron chi connectivity index (χ1n) is 4.91. The Hall–Kier alpha value is -0.830. The van der Waals surface area contributed by atoms with E-state index in [9.17, 15) is 4.79 Å². The molecule has 0 spiro atoms. The lowest BCUT2D eigenvalue weighted by Crippen LogP contribution is -2.52. The van der Waals surface area contributed by atoms with E-state index in [0.29, 0.717) is 11.8 Å². The van der Waals surface area contributed by atoms with E-state index in [1.807, 2.05) is 4.90 Å². The number of hydrogen-bond acceptors (Lipinski definition) is 2. The highest BCUT2D eigenvalue weighted by Gasteiger charge is 2.31. The number of likely N-dealkylation sites (tertiary alicyclic amines) is 1. The number of piperidine rings is 2. The molecule has 2 unspecified atom stereocenters. The summed E-state index contributed by atoms with van der Waals surface area (Å²) in [6.07, 6.45) is 2.71. The topological polar surface area (TPSA) is 32.3 Å². The summed E-state index contributed by atoms with van der Waals surface area (Å²) in [7, 11) is 0. The van der Waals surface area contributed by atoms with E-state index in [0.717, 1.165) is 26.2 Å². The fourth-order valence-electron chi connectivity index (χ4n) is 2.41. The molecule has 0 saturated carbocycles. The number of amides is 1. The normalized spacial score (nSPS) is 32.8. The fraction of sp³-hybridized carbons (Fsp3) is 0.700. The summed E-state index contributed by atoms with van der Waals surface area (Å²) >= 11 is 0. The van der Waals surface area contributed by atoms with Crippen molar-refractivity contribution in [1.29, 1.82) is 0 Å². The van der Waals surface area contributed by atoms with Crippen LogP contribution in [0.2, 0.25) is 0 Å². The predicted molar refractivity (Wildman–Crippen MR) is 51.2 cm³/mol. The molecule has 2 fully saturated rings. The highest BCUT2D eigenvalue weighted by Crippen LogP contribution is 2.24. The standard InChI is InChI=1S/C10H16N2O/c1-2-10(13)12-6-8-3-9(7-12)5-11-4-8/h2,8-9,11H,1,3-7H2. The van der Waals surface area contributed by atoms with Crippen LogP contribution in [0, 0.1) is 11.8 Å². The van der Waals surface area contributed by atoms with Crippen molar-refractivity contribution in [3.05, 3.63) is 12.7 Å². The Bertz CT molecular complexity index is 215. The Labute approximate surface area is 78.8 Å². The number of nitrogens with zero attached hydrogens (tertiary/aromatic N) is 1. The first kappa shape index (κ1) is 8.75. The van der Waals surface area contributed by atoms with Crippen LogP contribution in [0.3, 0.4) is 0 Å². The minimum absolute atomic E-state index is 0.0941. The van der Waals surface area contributed by atoms with Gasteiger partial charge in [0.2, 0.25) is 5.91 Å². The summed E-state index contributed by atoms with van der Waals surface area (Å²) < 4.78 is 0. The minimum atomic E-state index is 0.0941. The van der Waals surface area contributed by atoms with Gasteiger partial charge in [0.25, 0.3) is 0 Å². The molecule has 72 valence electrons. The Kier molecular flexibility index (Phi) is 2.36. The summed E-state index contributed by atoms with van der Waals surface area (Å²) in [6.45, 7) is 7.48. The number of rotatable bonds is 1. The third kappa shape index (κ3) is 1.75. The van der Waals surface area contributed by atoms with Crippen molar-refractivity contribution >= 4 is 5.91 Å². The molecule has 0 aromatic rings. The summed E-state index contributed by atoms with van der Waals surface area (Å²) in [5, 5.41) is 3.40. The van der Waals surface area contributed by atoms with Crippen LogP contribution in [-0.2, 0) is 4.79 Å². The third-order valence-corrected chi connectivity index (χ3v) is 2.98. The second-order valence-electron chi connectivity index (χ2n) is 4.07. The molecule has 0 radical (unpaired) electrons. The number of carbonyl (C=O) groups is 1. The molecule has 0 aromatic carbocycles. The lowest BCUT2D eigenvalue weighted by atomic mass is 9.86. The average molecular weight is 180 g/mol. The maximum absolute atomic E-state index is 11.4. The van der Waals surface area contributed by atoms with Gasteiger partial charge in [-0.3, -0.25) is 4.79 Å². The Morgan fingerprint density at radius 1 is 1.38 bits per heavy atom. The smallest absolute Gasteiger partial charge is 0.245 e. The SMILES string of the molecule is C=CC(=O)N1CC2CNCC(C2)C1. The van der Waals surface area contributed by atoms with E-state index in [2.05, 4.69) is 11.9 Å². The van der Waals surface area contributed by atoms with Crippen LogP contribution in [0.1, 0.15) is 6.42 Å². The van der Waals surface area contributed by atoms with Crippen molar-refractivity contribution in [3.8, 4) is 0 Å². The maximum atomic E-state index is 11.4. The van der Waals surface area contributed by atoms with E-state index >= 15 is 0 Å². The minimum Gasteiger partial charge on any atom is -0.339 e. The Balaban J connectivity index is 2.01. The number of fused-ring (bicyclic) bond motifs is 2. The van der Waals surface area contributed by atoms with Gasteiger partial charge in [0.05, 0.1) is 0 Å². The van der Waals surface area contributed by atoms with Crippen molar-refractivity contribution < 1.29 is 4.79 Å². The zero-order chi connectivity index (χ0) is 9.26. The van der Waals surface area contributed by atoms with Gasteiger partial charge in [0.1, 0.15) is 0 Å². The number of nitrogens with one attached hydrogen (secondary N) is 1. The molecule has 0 aliphatic carbocycles. The van der Waals surface area contributed by atoms with Crippen LogP contribution in [0.4, 0.5) is 0 Å². The van der Waals surface area contributed by atoms with Gasteiger partial charge in [0, 0.05) is 13.1 Å². The molecule has 3 heteroatoms. The van der Waals surface area contributed by atoms with E-state index in [1.54, 1.807) is 0 Å². The summed E-state index contributed by atoms with van der Waals surface area (Å²) in [4.78, 5) is 13.3.